The summed E-state index contributed by atoms with van der Waals surface area (Å²) in [6.45, 7) is 1.63. The molecular weight excluding hydrogens is 345 g/mol. The van der Waals surface area contributed by atoms with Gasteiger partial charge in [-0.25, -0.2) is 9.97 Å². The topological polar surface area (TPSA) is 82.7 Å². The highest BCUT2D eigenvalue weighted by atomic mass is 19.1. The van der Waals surface area contributed by atoms with E-state index in [9.17, 15) is 9.18 Å². The van der Waals surface area contributed by atoms with E-state index in [1.165, 1.54) is 12.4 Å². The first kappa shape index (κ1) is 17.9. The molecule has 6 nitrogen and oxygen atoms in total. The Balaban J connectivity index is 1.71. The summed E-state index contributed by atoms with van der Waals surface area (Å²) in [5.41, 5.74) is 2.23. The van der Waals surface area contributed by atoms with Gasteiger partial charge < -0.3 is 15.6 Å². The molecule has 0 fully saturated rings. The molecule has 3 rings (SSSR count). The average molecular weight is 361 g/mol. The van der Waals surface area contributed by atoms with Crippen molar-refractivity contribution in [2.45, 2.75) is 6.92 Å². The van der Waals surface area contributed by atoms with Crippen molar-refractivity contribution < 1.29 is 9.18 Å². The maximum atomic E-state index is 13.2. The van der Waals surface area contributed by atoms with E-state index in [1.807, 2.05) is 12.0 Å². The van der Waals surface area contributed by atoms with E-state index < -0.39 is 11.7 Å². The van der Waals surface area contributed by atoms with Crippen LogP contribution in [0.15, 0.2) is 66.4 Å². The van der Waals surface area contributed by atoms with Gasteiger partial charge in [0.2, 0.25) is 0 Å². The standard InChI is InChI=1S/C20H16FN5O/c1-3-13(11-14(21)4-2)20(27)26-16-7-5-15(6-8-16)25-19-17-9-10-22-18(17)23-12-24-19/h2-3,5-12H,1H3,(H,26,27)(H2,22,23,24,25)/b13-3+,14-11+. The predicted molar refractivity (Wildman–Crippen MR) is 104 cm³/mol. The largest absolute Gasteiger partial charge is 0.346 e. The molecule has 3 aromatic rings. The molecule has 2 aromatic heterocycles. The van der Waals surface area contributed by atoms with Crippen molar-refractivity contribution in [3.63, 3.8) is 0 Å². The van der Waals surface area contributed by atoms with Gasteiger partial charge in [0.25, 0.3) is 5.91 Å². The van der Waals surface area contributed by atoms with Gasteiger partial charge in [0.15, 0.2) is 5.83 Å². The summed E-state index contributed by atoms with van der Waals surface area (Å²) in [5, 5.41) is 6.77. The lowest BCUT2D eigenvalue weighted by molar-refractivity contribution is -0.112. The summed E-state index contributed by atoms with van der Waals surface area (Å²) in [6, 6.07) is 8.93. The van der Waals surface area contributed by atoms with Crippen LogP contribution in [0.3, 0.4) is 0 Å². The first-order valence-corrected chi connectivity index (χ1v) is 8.07. The number of nitrogens with zero attached hydrogens (tertiary/aromatic N) is 2. The molecule has 0 spiro atoms. The van der Waals surface area contributed by atoms with Gasteiger partial charge in [-0.05, 0) is 49.3 Å². The van der Waals surface area contributed by atoms with Crippen LogP contribution in [0.4, 0.5) is 21.6 Å². The molecule has 27 heavy (non-hydrogen) atoms. The Kier molecular flexibility index (Phi) is 5.28. The third kappa shape index (κ3) is 4.19. The number of benzene rings is 1. The lowest BCUT2D eigenvalue weighted by atomic mass is 10.2. The Hall–Kier alpha value is -3.92. The Morgan fingerprint density at radius 2 is 1.96 bits per heavy atom. The molecule has 0 saturated carbocycles. The number of rotatable bonds is 5. The van der Waals surface area contributed by atoms with Gasteiger partial charge >= 0.3 is 0 Å². The molecule has 0 bridgehead atoms. The fourth-order valence-electron chi connectivity index (χ4n) is 2.41. The van der Waals surface area contributed by atoms with E-state index in [4.69, 9.17) is 6.42 Å². The van der Waals surface area contributed by atoms with Crippen molar-refractivity contribution in [2.75, 3.05) is 10.6 Å². The number of carbonyl (C=O) groups is 1. The van der Waals surface area contributed by atoms with Crippen LogP contribution in [-0.2, 0) is 4.79 Å². The first-order valence-electron chi connectivity index (χ1n) is 8.07. The Labute approximate surface area is 155 Å². The molecule has 0 aliphatic heterocycles. The monoisotopic (exact) mass is 361 g/mol. The minimum Gasteiger partial charge on any atom is -0.346 e. The molecule has 0 saturated heterocycles. The van der Waals surface area contributed by atoms with Crippen LogP contribution in [0, 0.1) is 12.3 Å². The van der Waals surface area contributed by atoms with Gasteiger partial charge in [0.05, 0.1) is 5.39 Å². The van der Waals surface area contributed by atoms with Crippen molar-refractivity contribution >= 4 is 34.1 Å². The molecule has 2 heterocycles. The first-order chi connectivity index (χ1) is 13.1. The fourth-order valence-corrected chi connectivity index (χ4v) is 2.41. The third-order valence-electron chi connectivity index (χ3n) is 3.75. The summed E-state index contributed by atoms with van der Waals surface area (Å²) in [6.07, 6.45) is 10.7. The molecule has 1 aromatic carbocycles. The summed E-state index contributed by atoms with van der Waals surface area (Å²) < 4.78 is 13.2. The normalized spacial score (nSPS) is 11.9. The number of hydrogen-bond donors (Lipinski definition) is 3. The number of anilines is 3. The summed E-state index contributed by atoms with van der Waals surface area (Å²) in [7, 11) is 0. The second-order valence-corrected chi connectivity index (χ2v) is 5.50. The van der Waals surface area contributed by atoms with Crippen LogP contribution < -0.4 is 10.6 Å². The number of H-pyrrole nitrogens is 1. The Bertz CT molecular complexity index is 1070. The van der Waals surface area contributed by atoms with Crippen molar-refractivity contribution in [1.82, 2.24) is 15.0 Å². The highest BCUT2D eigenvalue weighted by molar-refractivity contribution is 6.05. The van der Waals surface area contributed by atoms with E-state index in [2.05, 4.69) is 25.6 Å². The van der Waals surface area contributed by atoms with Crippen molar-refractivity contribution in [3.8, 4) is 12.3 Å². The van der Waals surface area contributed by atoms with Crippen molar-refractivity contribution in [1.29, 1.82) is 0 Å². The fraction of sp³-hybridized carbons (Fsp3) is 0.0500. The van der Waals surface area contributed by atoms with Crippen molar-refractivity contribution in [2.24, 2.45) is 0 Å². The highest BCUT2D eigenvalue weighted by Gasteiger charge is 2.09. The second kappa shape index (κ2) is 7.97. The van der Waals surface area contributed by atoms with E-state index in [0.29, 0.717) is 11.5 Å². The van der Waals surface area contributed by atoms with E-state index >= 15 is 0 Å². The molecule has 0 aliphatic carbocycles. The number of aromatic amines is 1. The number of halogens is 1. The van der Waals surface area contributed by atoms with E-state index in [-0.39, 0.29) is 5.57 Å². The number of aromatic nitrogens is 3. The third-order valence-corrected chi connectivity index (χ3v) is 3.75. The van der Waals surface area contributed by atoms with Crippen molar-refractivity contribution in [3.05, 3.63) is 66.4 Å². The smallest absolute Gasteiger partial charge is 0.255 e. The second-order valence-electron chi connectivity index (χ2n) is 5.50. The number of amides is 1. The maximum Gasteiger partial charge on any atom is 0.255 e. The van der Waals surface area contributed by atoms with Gasteiger partial charge in [-0.1, -0.05) is 6.08 Å². The van der Waals surface area contributed by atoms with Crippen LogP contribution in [-0.4, -0.2) is 20.9 Å². The van der Waals surface area contributed by atoms with Crippen LogP contribution >= 0.6 is 0 Å². The van der Waals surface area contributed by atoms with Gasteiger partial charge in [-0.2, -0.15) is 4.39 Å². The Morgan fingerprint density at radius 1 is 1.22 bits per heavy atom. The zero-order valence-electron chi connectivity index (χ0n) is 14.5. The van der Waals surface area contributed by atoms with Crippen LogP contribution in [0.1, 0.15) is 6.92 Å². The SMILES string of the molecule is C#C/C(F)=C\C(=C/C)C(=O)Nc1ccc(Nc2ncnc3[nH]ccc23)cc1. The van der Waals surface area contributed by atoms with Crippen LogP contribution in [0.2, 0.25) is 0 Å². The summed E-state index contributed by atoms with van der Waals surface area (Å²) in [4.78, 5) is 23.6. The van der Waals surface area contributed by atoms with Gasteiger partial charge in [0, 0.05) is 23.1 Å². The maximum absolute atomic E-state index is 13.2. The Morgan fingerprint density at radius 3 is 2.67 bits per heavy atom. The van der Waals surface area contributed by atoms with Crippen LogP contribution in [0.25, 0.3) is 11.0 Å². The number of carbonyl (C=O) groups excluding carboxylic acids is 1. The number of nitrogens with one attached hydrogen (secondary N) is 3. The number of fused-ring (bicyclic) bond motifs is 1. The molecule has 0 radical (unpaired) electrons. The zero-order chi connectivity index (χ0) is 19.2. The number of allylic oxidation sites excluding steroid dienone is 2. The van der Waals surface area contributed by atoms with Gasteiger partial charge in [0.1, 0.15) is 17.8 Å². The molecule has 0 unspecified atom stereocenters. The molecule has 3 N–H and O–H groups in total. The molecule has 1 amide bonds. The molecule has 0 aliphatic rings. The summed E-state index contributed by atoms with van der Waals surface area (Å²) >= 11 is 0. The number of terminal acetylenes is 1. The van der Waals surface area contributed by atoms with E-state index in [1.54, 1.807) is 37.4 Å². The quantitative estimate of drug-likeness (QED) is 0.363. The minimum absolute atomic E-state index is 0.142. The molecule has 0 atom stereocenters. The van der Waals surface area contributed by atoms with Crippen LogP contribution in [0.5, 0.6) is 0 Å². The lowest BCUT2D eigenvalue weighted by Crippen LogP contribution is -2.13. The summed E-state index contributed by atoms with van der Waals surface area (Å²) in [5.74, 6) is 1.26. The predicted octanol–water partition coefficient (Wildman–Crippen LogP) is 4.07. The number of hydrogen-bond acceptors (Lipinski definition) is 4. The van der Waals surface area contributed by atoms with E-state index in [0.717, 1.165) is 22.8 Å². The highest BCUT2D eigenvalue weighted by Crippen LogP contribution is 2.23. The molecule has 7 heteroatoms. The molecular formula is C20H16FN5O. The minimum atomic E-state index is -0.807. The lowest BCUT2D eigenvalue weighted by Gasteiger charge is -2.09. The zero-order valence-corrected chi connectivity index (χ0v) is 14.5. The van der Waals surface area contributed by atoms with Gasteiger partial charge in [-0.15, -0.1) is 6.42 Å². The average Bonchev–Trinajstić information content (AvgIpc) is 3.17. The molecule has 134 valence electrons. The van der Waals surface area contributed by atoms with Gasteiger partial charge in [-0.3, -0.25) is 4.79 Å².